The van der Waals surface area contributed by atoms with Crippen LogP contribution in [0.15, 0.2) is 42.5 Å². The quantitative estimate of drug-likeness (QED) is 0.639. The lowest BCUT2D eigenvalue weighted by Crippen LogP contribution is -2.40. The number of amides is 1. The van der Waals surface area contributed by atoms with E-state index in [4.69, 9.17) is 23.2 Å². The molecule has 1 saturated heterocycles. The van der Waals surface area contributed by atoms with Gasteiger partial charge in [-0.15, -0.1) is 0 Å². The fourth-order valence-corrected chi connectivity index (χ4v) is 4.70. The van der Waals surface area contributed by atoms with Gasteiger partial charge < -0.3 is 5.32 Å². The number of benzene rings is 2. The number of sulfonamides is 1. The number of carbonyl (C=O) groups excluding carboxylic acids is 1. The number of nitrogens with zero attached hydrogens (tertiary/aromatic N) is 2. The molecule has 1 aliphatic rings. The predicted molar refractivity (Wildman–Crippen MR) is 121 cm³/mol. The summed E-state index contributed by atoms with van der Waals surface area (Å²) in [6.07, 6.45) is 3.54. The van der Waals surface area contributed by atoms with E-state index in [9.17, 15) is 13.2 Å². The van der Waals surface area contributed by atoms with Gasteiger partial charge in [0.25, 0.3) is 0 Å². The molecular weight excluding hydrogens is 445 g/mol. The summed E-state index contributed by atoms with van der Waals surface area (Å²) in [7, 11) is -3.73. The molecule has 0 atom stereocenters. The van der Waals surface area contributed by atoms with Gasteiger partial charge in [-0.25, -0.2) is 8.42 Å². The fraction of sp³-hybridized carbons (Fsp3) is 0.381. The first-order valence-corrected chi connectivity index (χ1v) is 12.3. The maximum Gasteiger partial charge on any atom is 0.241 e. The Balaban J connectivity index is 1.60. The minimum Gasteiger partial charge on any atom is -0.350 e. The van der Waals surface area contributed by atoms with Crippen LogP contribution in [0.25, 0.3) is 0 Å². The van der Waals surface area contributed by atoms with Crippen LogP contribution < -0.4 is 9.62 Å². The molecule has 2 aromatic carbocycles. The van der Waals surface area contributed by atoms with E-state index in [2.05, 4.69) is 22.3 Å². The van der Waals surface area contributed by atoms with Crippen LogP contribution in [-0.2, 0) is 27.9 Å². The van der Waals surface area contributed by atoms with E-state index in [0.29, 0.717) is 11.6 Å². The number of halogens is 2. The smallest absolute Gasteiger partial charge is 0.241 e. The lowest BCUT2D eigenvalue weighted by Gasteiger charge is -2.23. The molecule has 3 rings (SSSR count). The molecule has 9 heteroatoms. The molecule has 1 fully saturated rings. The number of hydrogen-bond acceptors (Lipinski definition) is 4. The summed E-state index contributed by atoms with van der Waals surface area (Å²) < 4.78 is 25.4. The van der Waals surface area contributed by atoms with Crippen LogP contribution >= 0.6 is 23.2 Å². The number of likely N-dealkylation sites (tertiary alicyclic amines) is 1. The van der Waals surface area contributed by atoms with Crippen LogP contribution in [-0.4, -0.2) is 45.1 Å². The molecule has 0 bridgehead atoms. The van der Waals surface area contributed by atoms with E-state index in [-0.39, 0.29) is 17.3 Å². The van der Waals surface area contributed by atoms with Gasteiger partial charge >= 0.3 is 0 Å². The Hall–Kier alpha value is -1.80. The van der Waals surface area contributed by atoms with Gasteiger partial charge in [0.05, 0.1) is 17.0 Å². The van der Waals surface area contributed by atoms with Crippen molar-refractivity contribution in [3.05, 3.63) is 63.6 Å². The topological polar surface area (TPSA) is 69.7 Å². The highest BCUT2D eigenvalue weighted by Gasteiger charge is 2.23. The Morgan fingerprint density at radius 2 is 1.70 bits per heavy atom. The lowest BCUT2D eigenvalue weighted by atomic mass is 10.1. The van der Waals surface area contributed by atoms with Crippen molar-refractivity contribution in [2.24, 2.45) is 0 Å². The Bertz CT molecular complexity index is 991. The SMILES string of the molecule is CS(=O)(=O)N(CC(=O)NCc1ccc(CN2CCCC2)cc1)c1cc(Cl)ccc1Cl. The van der Waals surface area contributed by atoms with Gasteiger partial charge in [0.1, 0.15) is 6.54 Å². The van der Waals surface area contributed by atoms with E-state index < -0.39 is 15.9 Å². The maximum atomic E-state index is 12.4. The summed E-state index contributed by atoms with van der Waals surface area (Å²) in [6.45, 7) is 3.16. The van der Waals surface area contributed by atoms with E-state index in [1.165, 1.54) is 30.5 Å². The molecule has 0 saturated carbocycles. The van der Waals surface area contributed by atoms with Crippen molar-refractivity contribution in [3.63, 3.8) is 0 Å². The Morgan fingerprint density at radius 1 is 1.07 bits per heavy atom. The summed E-state index contributed by atoms with van der Waals surface area (Å²) in [5.41, 5.74) is 2.36. The Kier molecular flexibility index (Phi) is 7.63. The van der Waals surface area contributed by atoms with E-state index >= 15 is 0 Å². The van der Waals surface area contributed by atoms with Gasteiger partial charge in [-0.2, -0.15) is 0 Å². The zero-order valence-electron chi connectivity index (χ0n) is 16.8. The molecular formula is C21H25Cl2N3O3S. The summed E-state index contributed by atoms with van der Waals surface area (Å²) in [4.78, 5) is 14.9. The average molecular weight is 470 g/mol. The molecule has 1 N–H and O–H groups in total. The predicted octanol–water partition coefficient (Wildman–Crippen LogP) is 3.67. The molecule has 162 valence electrons. The van der Waals surface area contributed by atoms with E-state index in [1.807, 2.05) is 12.1 Å². The van der Waals surface area contributed by atoms with Gasteiger partial charge in [0.15, 0.2) is 0 Å². The molecule has 30 heavy (non-hydrogen) atoms. The molecule has 2 aromatic rings. The molecule has 1 heterocycles. The first kappa shape index (κ1) is 22.9. The molecule has 6 nitrogen and oxygen atoms in total. The van der Waals surface area contributed by atoms with Crippen LogP contribution in [0.5, 0.6) is 0 Å². The summed E-state index contributed by atoms with van der Waals surface area (Å²) in [5, 5.41) is 3.30. The second kappa shape index (κ2) is 10.0. The first-order valence-electron chi connectivity index (χ1n) is 9.72. The van der Waals surface area contributed by atoms with Crippen LogP contribution in [0, 0.1) is 0 Å². The van der Waals surface area contributed by atoms with Crippen molar-refractivity contribution in [2.45, 2.75) is 25.9 Å². The Morgan fingerprint density at radius 3 is 2.33 bits per heavy atom. The van der Waals surface area contributed by atoms with Crippen LogP contribution in [0.3, 0.4) is 0 Å². The third-order valence-corrected chi connectivity index (χ3v) is 6.66. The standard InChI is InChI=1S/C21H25Cl2N3O3S/c1-30(28,29)26(20-12-18(22)8-9-19(20)23)15-21(27)24-13-16-4-6-17(7-5-16)14-25-10-2-3-11-25/h4-9,12H,2-3,10-11,13-15H2,1H3,(H,24,27). The number of hydrogen-bond donors (Lipinski definition) is 1. The first-order chi connectivity index (χ1) is 14.2. The van der Waals surface area contributed by atoms with Crippen molar-refractivity contribution in [1.82, 2.24) is 10.2 Å². The zero-order chi connectivity index (χ0) is 21.7. The van der Waals surface area contributed by atoms with Gasteiger partial charge in [-0.1, -0.05) is 47.5 Å². The lowest BCUT2D eigenvalue weighted by molar-refractivity contribution is -0.119. The molecule has 0 unspecified atom stereocenters. The average Bonchev–Trinajstić information content (AvgIpc) is 3.20. The van der Waals surface area contributed by atoms with Gasteiger partial charge in [0, 0.05) is 18.1 Å². The monoisotopic (exact) mass is 469 g/mol. The third-order valence-electron chi connectivity index (χ3n) is 4.98. The van der Waals surface area contributed by atoms with Crippen molar-refractivity contribution < 1.29 is 13.2 Å². The minimum absolute atomic E-state index is 0.174. The largest absolute Gasteiger partial charge is 0.350 e. The van der Waals surface area contributed by atoms with E-state index in [1.54, 1.807) is 6.07 Å². The van der Waals surface area contributed by atoms with Crippen molar-refractivity contribution in [1.29, 1.82) is 0 Å². The minimum atomic E-state index is -3.73. The zero-order valence-corrected chi connectivity index (χ0v) is 19.1. The summed E-state index contributed by atoms with van der Waals surface area (Å²) in [6, 6.07) is 12.6. The molecule has 1 aliphatic heterocycles. The highest BCUT2D eigenvalue weighted by atomic mass is 35.5. The summed E-state index contributed by atoms with van der Waals surface area (Å²) >= 11 is 12.1. The third kappa shape index (κ3) is 6.35. The highest BCUT2D eigenvalue weighted by molar-refractivity contribution is 7.92. The molecule has 1 amide bonds. The molecule has 0 aliphatic carbocycles. The molecule has 0 radical (unpaired) electrons. The van der Waals surface area contributed by atoms with Crippen molar-refractivity contribution in [2.75, 3.05) is 30.2 Å². The van der Waals surface area contributed by atoms with Gasteiger partial charge in [0.2, 0.25) is 15.9 Å². The number of carbonyl (C=O) groups is 1. The molecule has 0 aromatic heterocycles. The van der Waals surface area contributed by atoms with Gasteiger partial charge in [-0.3, -0.25) is 14.0 Å². The van der Waals surface area contributed by atoms with Crippen LogP contribution in [0.4, 0.5) is 5.69 Å². The fourth-order valence-electron chi connectivity index (χ4n) is 3.41. The number of rotatable bonds is 8. The van der Waals surface area contributed by atoms with Crippen molar-refractivity contribution in [3.8, 4) is 0 Å². The van der Waals surface area contributed by atoms with Crippen LogP contribution in [0.1, 0.15) is 24.0 Å². The highest BCUT2D eigenvalue weighted by Crippen LogP contribution is 2.30. The van der Waals surface area contributed by atoms with Gasteiger partial charge in [-0.05, 0) is 55.3 Å². The number of anilines is 1. The van der Waals surface area contributed by atoms with Crippen LogP contribution in [0.2, 0.25) is 10.0 Å². The number of nitrogens with one attached hydrogen (secondary N) is 1. The van der Waals surface area contributed by atoms with E-state index in [0.717, 1.165) is 35.8 Å². The molecule has 0 spiro atoms. The maximum absolute atomic E-state index is 12.4. The normalized spacial score (nSPS) is 14.6. The second-order valence-corrected chi connectivity index (χ2v) is 10.2. The van der Waals surface area contributed by atoms with Crippen molar-refractivity contribution >= 4 is 44.8 Å². The Labute approximate surface area is 187 Å². The second-order valence-electron chi connectivity index (χ2n) is 7.44. The summed E-state index contributed by atoms with van der Waals surface area (Å²) in [5.74, 6) is -0.433.